The molecule has 20 heavy (non-hydrogen) atoms. The van der Waals surface area contributed by atoms with E-state index in [4.69, 9.17) is 10.5 Å². The normalized spacial score (nSPS) is 10.8. The number of halogens is 1. The molecule has 0 bridgehead atoms. The smallest absolute Gasteiger partial charge is 0.230 e. The second kappa shape index (κ2) is 9.26. The average molecular weight is 361 g/mol. The van der Waals surface area contributed by atoms with E-state index < -0.39 is 0 Å². The van der Waals surface area contributed by atoms with Crippen molar-refractivity contribution in [2.45, 2.75) is 31.3 Å². The zero-order valence-corrected chi connectivity index (χ0v) is 14.2. The SMILES string of the molecule is CC(C)OCCCNC(=O)CSc1ccc(Br)cc1N. The van der Waals surface area contributed by atoms with E-state index in [1.54, 1.807) is 0 Å². The Hall–Kier alpha value is -0.720. The monoisotopic (exact) mass is 360 g/mol. The maximum atomic E-state index is 11.7. The van der Waals surface area contributed by atoms with E-state index >= 15 is 0 Å². The third-order valence-corrected chi connectivity index (χ3v) is 4.01. The number of hydrogen-bond donors (Lipinski definition) is 2. The van der Waals surface area contributed by atoms with Crippen molar-refractivity contribution in [1.82, 2.24) is 5.32 Å². The predicted molar refractivity (Wildman–Crippen MR) is 88.0 cm³/mol. The van der Waals surface area contributed by atoms with Crippen LogP contribution in [0, 0.1) is 0 Å². The number of nitrogens with two attached hydrogens (primary N) is 1. The van der Waals surface area contributed by atoms with Crippen molar-refractivity contribution in [1.29, 1.82) is 0 Å². The average Bonchev–Trinajstić information content (AvgIpc) is 2.37. The topological polar surface area (TPSA) is 64.3 Å². The van der Waals surface area contributed by atoms with Crippen molar-refractivity contribution >= 4 is 39.3 Å². The number of carbonyl (C=O) groups excluding carboxylic acids is 1. The predicted octanol–water partition coefficient (Wildman–Crippen LogP) is 3.05. The molecule has 0 aliphatic heterocycles. The third kappa shape index (κ3) is 7.17. The van der Waals surface area contributed by atoms with Gasteiger partial charge >= 0.3 is 0 Å². The van der Waals surface area contributed by atoms with Crippen LogP contribution in [0.15, 0.2) is 27.6 Å². The molecule has 0 fully saturated rings. The van der Waals surface area contributed by atoms with Gasteiger partial charge < -0.3 is 15.8 Å². The fourth-order valence-electron chi connectivity index (χ4n) is 1.46. The molecule has 112 valence electrons. The van der Waals surface area contributed by atoms with Crippen molar-refractivity contribution in [3.05, 3.63) is 22.7 Å². The lowest BCUT2D eigenvalue weighted by Gasteiger charge is -2.09. The van der Waals surface area contributed by atoms with Crippen LogP contribution in [-0.2, 0) is 9.53 Å². The first-order valence-electron chi connectivity index (χ1n) is 6.55. The second-order valence-electron chi connectivity index (χ2n) is 4.59. The Labute approximate surface area is 133 Å². The number of benzene rings is 1. The summed E-state index contributed by atoms with van der Waals surface area (Å²) in [5, 5.41) is 2.87. The van der Waals surface area contributed by atoms with Crippen LogP contribution in [0.4, 0.5) is 5.69 Å². The fourth-order valence-corrected chi connectivity index (χ4v) is 2.62. The lowest BCUT2D eigenvalue weighted by Crippen LogP contribution is -2.27. The number of carbonyl (C=O) groups is 1. The minimum absolute atomic E-state index is 0.0156. The zero-order chi connectivity index (χ0) is 15.0. The first-order valence-corrected chi connectivity index (χ1v) is 8.33. The van der Waals surface area contributed by atoms with Crippen molar-refractivity contribution in [3.8, 4) is 0 Å². The van der Waals surface area contributed by atoms with Crippen LogP contribution in [0.3, 0.4) is 0 Å². The van der Waals surface area contributed by atoms with Gasteiger partial charge in [-0.2, -0.15) is 0 Å². The minimum atomic E-state index is 0.0156. The number of amides is 1. The molecule has 3 N–H and O–H groups in total. The number of thioether (sulfide) groups is 1. The molecule has 0 atom stereocenters. The first-order chi connectivity index (χ1) is 9.49. The Morgan fingerprint density at radius 2 is 2.25 bits per heavy atom. The molecule has 4 nitrogen and oxygen atoms in total. The zero-order valence-electron chi connectivity index (χ0n) is 11.8. The van der Waals surface area contributed by atoms with Gasteiger partial charge in [-0.15, -0.1) is 11.8 Å². The highest BCUT2D eigenvalue weighted by molar-refractivity contribution is 9.10. The van der Waals surface area contributed by atoms with E-state index in [2.05, 4.69) is 21.2 Å². The first kappa shape index (κ1) is 17.3. The summed E-state index contributed by atoms with van der Waals surface area (Å²) in [7, 11) is 0. The van der Waals surface area contributed by atoms with Gasteiger partial charge in [-0.3, -0.25) is 4.79 Å². The van der Waals surface area contributed by atoms with Gasteiger partial charge in [0.25, 0.3) is 0 Å². The summed E-state index contributed by atoms with van der Waals surface area (Å²) in [5.41, 5.74) is 6.56. The molecule has 1 rings (SSSR count). The van der Waals surface area contributed by atoms with Crippen LogP contribution in [0.2, 0.25) is 0 Å². The molecule has 1 aromatic rings. The van der Waals surface area contributed by atoms with Crippen LogP contribution >= 0.6 is 27.7 Å². The second-order valence-corrected chi connectivity index (χ2v) is 6.53. The lowest BCUT2D eigenvalue weighted by atomic mass is 10.3. The van der Waals surface area contributed by atoms with Crippen molar-refractivity contribution in [2.75, 3.05) is 24.6 Å². The van der Waals surface area contributed by atoms with Gasteiger partial charge in [0.2, 0.25) is 5.91 Å². The van der Waals surface area contributed by atoms with Gasteiger partial charge in [-0.1, -0.05) is 15.9 Å². The number of rotatable bonds is 8. The van der Waals surface area contributed by atoms with Gasteiger partial charge in [0.1, 0.15) is 0 Å². The van der Waals surface area contributed by atoms with Crippen LogP contribution in [0.1, 0.15) is 20.3 Å². The molecular formula is C14H21BrN2O2S. The largest absolute Gasteiger partial charge is 0.398 e. The van der Waals surface area contributed by atoms with E-state index in [0.29, 0.717) is 24.6 Å². The van der Waals surface area contributed by atoms with Gasteiger partial charge in [0.15, 0.2) is 0 Å². The molecule has 0 heterocycles. The molecule has 1 aromatic carbocycles. The molecule has 0 saturated heterocycles. The van der Waals surface area contributed by atoms with Crippen LogP contribution in [0.5, 0.6) is 0 Å². The standard InChI is InChI=1S/C14H21BrN2O2S/c1-10(2)19-7-3-6-17-14(18)9-20-13-5-4-11(15)8-12(13)16/h4-5,8,10H,3,6-7,9,16H2,1-2H3,(H,17,18). The highest BCUT2D eigenvalue weighted by atomic mass is 79.9. The van der Waals surface area contributed by atoms with E-state index in [-0.39, 0.29) is 12.0 Å². The van der Waals surface area contributed by atoms with Gasteiger partial charge in [-0.25, -0.2) is 0 Å². The van der Waals surface area contributed by atoms with Crippen molar-refractivity contribution < 1.29 is 9.53 Å². The molecule has 6 heteroatoms. The summed E-state index contributed by atoms with van der Waals surface area (Å²) in [4.78, 5) is 12.6. The molecule has 0 aromatic heterocycles. The maximum absolute atomic E-state index is 11.7. The number of anilines is 1. The summed E-state index contributed by atoms with van der Waals surface area (Å²) in [5.74, 6) is 0.388. The van der Waals surface area contributed by atoms with E-state index in [9.17, 15) is 4.79 Å². The van der Waals surface area contributed by atoms with Crippen molar-refractivity contribution in [2.24, 2.45) is 0 Å². The quantitative estimate of drug-likeness (QED) is 0.424. The number of nitrogens with one attached hydrogen (secondary N) is 1. The minimum Gasteiger partial charge on any atom is -0.398 e. The van der Waals surface area contributed by atoms with Crippen LogP contribution in [0.25, 0.3) is 0 Å². The highest BCUT2D eigenvalue weighted by Gasteiger charge is 2.05. The Kier molecular flexibility index (Phi) is 8.02. The van der Waals surface area contributed by atoms with E-state index in [0.717, 1.165) is 15.8 Å². The summed E-state index contributed by atoms with van der Waals surface area (Å²) in [6.07, 6.45) is 1.07. The number of nitrogen functional groups attached to an aromatic ring is 1. The number of hydrogen-bond acceptors (Lipinski definition) is 4. The van der Waals surface area contributed by atoms with E-state index in [1.807, 2.05) is 32.0 Å². The number of ether oxygens (including phenoxy) is 1. The summed E-state index contributed by atoms with van der Waals surface area (Å²) >= 11 is 4.80. The highest BCUT2D eigenvalue weighted by Crippen LogP contribution is 2.27. The Balaban J connectivity index is 2.19. The lowest BCUT2D eigenvalue weighted by molar-refractivity contribution is -0.118. The third-order valence-electron chi connectivity index (χ3n) is 2.43. The molecule has 0 spiro atoms. The summed E-state index contributed by atoms with van der Waals surface area (Å²) in [6, 6.07) is 5.66. The molecule has 0 radical (unpaired) electrons. The van der Waals surface area contributed by atoms with Crippen LogP contribution < -0.4 is 11.1 Å². The van der Waals surface area contributed by atoms with Gasteiger partial charge in [0.05, 0.1) is 11.9 Å². The van der Waals surface area contributed by atoms with Gasteiger partial charge in [0, 0.05) is 28.2 Å². The summed E-state index contributed by atoms with van der Waals surface area (Å²) < 4.78 is 6.34. The molecule has 0 saturated carbocycles. The fraction of sp³-hybridized carbons (Fsp3) is 0.500. The maximum Gasteiger partial charge on any atom is 0.230 e. The Morgan fingerprint density at radius 1 is 1.50 bits per heavy atom. The molecule has 0 aliphatic rings. The van der Waals surface area contributed by atoms with E-state index in [1.165, 1.54) is 11.8 Å². The Bertz CT molecular complexity index is 441. The molecular weight excluding hydrogens is 340 g/mol. The molecule has 0 aliphatic carbocycles. The summed E-state index contributed by atoms with van der Waals surface area (Å²) in [6.45, 7) is 5.31. The van der Waals surface area contributed by atoms with Gasteiger partial charge in [-0.05, 0) is 38.5 Å². The Morgan fingerprint density at radius 3 is 2.90 bits per heavy atom. The van der Waals surface area contributed by atoms with Crippen molar-refractivity contribution in [3.63, 3.8) is 0 Å². The molecule has 0 unspecified atom stereocenters. The van der Waals surface area contributed by atoms with Crippen LogP contribution in [-0.4, -0.2) is 30.9 Å². The molecule has 1 amide bonds.